The number of nitrogens with zero attached hydrogens (tertiary/aromatic N) is 2. The number of likely N-dealkylation sites (N-methyl/N-ethyl adjacent to an activating group) is 1. The van der Waals surface area contributed by atoms with E-state index in [-0.39, 0.29) is 0 Å². The lowest BCUT2D eigenvalue weighted by atomic mass is 10.2. The fraction of sp³-hybridized carbons (Fsp3) is 1.00. The van der Waals surface area contributed by atoms with Gasteiger partial charge in [0.1, 0.15) is 0 Å². The lowest BCUT2D eigenvalue weighted by Crippen LogP contribution is -2.46. The van der Waals surface area contributed by atoms with Crippen molar-refractivity contribution in [2.75, 3.05) is 32.8 Å². The number of piperazine rings is 1. The van der Waals surface area contributed by atoms with Crippen LogP contribution in [0.4, 0.5) is 0 Å². The van der Waals surface area contributed by atoms with Crippen LogP contribution in [0.25, 0.3) is 0 Å². The normalized spacial score (nSPS) is 36.5. The number of β-amino-alcohol motifs (C(OH)–C–C–N with tert-alkyl or cyclic N) is 1. The topological polar surface area (TPSA) is 26.7 Å². The summed E-state index contributed by atoms with van der Waals surface area (Å²) >= 11 is 0. The molecule has 70 valence electrons. The molecule has 2 atom stereocenters. The van der Waals surface area contributed by atoms with Crippen molar-refractivity contribution in [3.8, 4) is 0 Å². The molecule has 2 fully saturated rings. The minimum absolute atomic E-state index is 0.315. The van der Waals surface area contributed by atoms with Gasteiger partial charge < -0.3 is 5.11 Å². The Bertz CT molecular complexity index is 163. The number of aliphatic hydroxyl groups is 1. The Labute approximate surface area is 74.0 Å². The maximum Gasteiger partial charge on any atom is 0.0558 e. The first-order chi connectivity index (χ1) is 5.85. The van der Waals surface area contributed by atoms with Gasteiger partial charge in [-0.15, -0.1) is 0 Å². The van der Waals surface area contributed by atoms with Crippen LogP contribution in [0, 0.1) is 0 Å². The second-order valence-corrected chi connectivity index (χ2v) is 3.85. The fourth-order valence-corrected chi connectivity index (χ4v) is 2.62. The summed E-state index contributed by atoms with van der Waals surface area (Å²) < 4.78 is 0. The van der Waals surface area contributed by atoms with Crippen LogP contribution in [0.15, 0.2) is 0 Å². The van der Waals surface area contributed by atoms with Gasteiger partial charge in [0.15, 0.2) is 0 Å². The molecule has 0 aliphatic carbocycles. The average Bonchev–Trinajstić information content (AvgIpc) is 2.62. The minimum Gasteiger partial charge on any atom is -0.395 e. The summed E-state index contributed by atoms with van der Waals surface area (Å²) in [5.41, 5.74) is 0. The third-order valence-corrected chi connectivity index (χ3v) is 3.26. The van der Waals surface area contributed by atoms with E-state index in [1.807, 2.05) is 0 Å². The Balaban J connectivity index is 1.89. The third-order valence-electron chi connectivity index (χ3n) is 3.26. The van der Waals surface area contributed by atoms with Crippen molar-refractivity contribution in [1.29, 1.82) is 0 Å². The molecule has 2 aliphatic rings. The van der Waals surface area contributed by atoms with Crippen LogP contribution in [0.1, 0.15) is 13.3 Å². The first kappa shape index (κ1) is 8.48. The molecule has 2 unspecified atom stereocenters. The van der Waals surface area contributed by atoms with Crippen LogP contribution in [-0.2, 0) is 0 Å². The first-order valence-electron chi connectivity index (χ1n) is 4.94. The zero-order valence-electron chi connectivity index (χ0n) is 7.74. The van der Waals surface area contributed by atoms with Crippen LogP contribution in [-0.4, -0.2) is 59.8 Å². The van der Waals surface area contributed by atoms with Crippen LogP contribution in [0.5, 0.6) is 0 Å². The Morgan fingerprint density at radius 3 is 2.42 bits per heavy atom. The largest absolute Gasteiger partial charge is 0.395 e. The highest BCUT2D eigenvalue weighted by atomic mass is 16.3. The standard InChI is InChI=1S/C9H18N2O/c1-2-10-6-9-5-8(10)7-11(9)3-4-12/h8-9,12H,2-7H2,1H3. The molecule has 1 N–H and O–H groups in total. The highest BCUT2D eigenvalue weighted by Gasteiger charge is 2.41. The highest BCUT2D eigenvalue weighted by molar-refractivity contribution is 4.98. The van der Waals surface area contributed by atoms with E-state index in [0.29, 0.717) is 6.61 Å². The van der Waals surface area contributed by atoms with E-state index < -0.39 is 0 Å². The molecule has 0 amide bonds. The maximum absolute atomic E-state index is 8.82. The predicted molar refractivity (Wildman–Crippen MR) is 48.1 cm³/mol. The predicted octanol–water partition coefficient (Wildman–Crippen LogP) is -0.243. The van der Waals surface area contributed by atoms with E-state index in [0.717, 1.165) is 18.6 Å². The summed E-state index contributed by atoms with van der Waals surface area (Å²) in [6, 6.07) is 1.52. The number of aliphatic hydroxyl groups excluding tert-OH is 1. The first-order valence-corrected chi connectivity index (χ1v) is 4.94. The molecule has 3 heteroatoms. The maximum atomic E-state index is 8.82. The van der Waals surface area contributed by atoms with E-state index in [4.69, 9.17) is 5.11 Å². The van der Waals surface area contributed by atoms with Gasteiger partial charge in [-0.1, -0.05) is 6.92 Å². The summed E-state index contributed by atoms with van der Waals surface area (Å²) in [6.07, 6.45) is 1.33. The molecule has 2 aliphatic heterocycles. The lowest BCUT2D eigenvalue weighted by molar-refractivity contribution is 0.112. The Hall–Kier alpha value is -0.120. The molecule has 0 aromatic carbocycles. The quantitative estimate of drug-likeness (QED) is 0.633. The molecule has 2 rings (SSSR count). The summed E-state index contributed by atoms with van der Waals surface area (Å²) in [4.78, 5) is 4.98. The molecule has 0 aromatic heterocycles. The molecule has 2 heterocycles. The van der Waals surface area contributed by atoms with E-state index >= 15 is 0 Å². The summed E-state index contributed by atoms with van der Waals surface area (Å²) in [5.74, 6) is 0. The number of hydrogen-bond donors (Lipinski definition) is 1. The smallest absolute Gasteiger partial charge is 0.0558 e. The van der Waals surface area contributed by atoms with Crippen LogP contribution < -0.4 is 0 Å². The number of likely N-dealkylation sites (tertiary alicyclic amines) is 2. The van der Waals surface area contributed by atoms with Crippen molar-refractivity contribution in [2.24, 2.45) is 0 Å². The van der Waals surface area contributed by atoms with Crippen molar-refractivity contribution in [1.82, 2.24) is 9.80 Å². The summed E-state index contributed by atoms with van der Waals surface area (Å²) in [5, 5.41) is 8.82. The lowest BCUT2D eigenvalue weighted by Gasteiger charge is -2.32. The zero-order valence-corrected chi connectivity index (χ0v) is 7.74. The molecule has 0 saturated carbocycles. The number of rotatable bonds is 3. The van der Waals surface area contributed by atoms with Crippen LogP contribution in [0.3, 0.4) is 0 Å². The van der Waals surface area contributed by atoms with E-state index in [1.165, 1.54) is 26.1 Å². The fourth-order valence-electron chi connectivity index (χ4n) is 2.62. The van der Waals surface area contributed by atoms with E-state index in [2.05, 4.69) is 16.7 Å². The van der Waals surface area contributed by atoms with Crippen LogP contribution >= 0.6 is 0 Å². The molecule has 0 radical (unpaired) electrons. The molecule has 2 bridgehead atoms. The van der Waals surface area contributed by atoms with Crippen molar-refractivity contribution < 1.29 is 5.11 Å². The molecule has 3 nitrogen and oxygen atoms in total. The average molecular weight is 170 g/mol. The number of fused-ring (bicyclic) bond motifs is 2. The Kier molecular flexibility index (Phi) is 2.35. The van der Waals surface area contributed by atoms with Gasteiger partial charge in [0, 0.05) is 31.7 Å². The molecule has 2 saturated heterocycles. The zero-order chi connectivity index (χ0) is 8.55. The summed E-state index contributed by atoms with van der Waals surface area (Å²) in [6.45, 7) is 7.01. The van der Waals surface area contributed by atoms with Gasteiger partial charge in [-0.3, -0.25) is 9.80 Å². The van der Waals surface area contributed by atoms with Crippen molar-refractivity contribution in [3.05, 3.63) is 0 Å². The molecule has 0 aromatic rings. The van der Waals surface area contributed by atoms with E-state index in [9.17, 15) is 0 Å². The van der Waals surface area contributed by atoms with Crippen molar-refractivity contribution in [3.63, 3.8) is 0 Å². The van der Waals surface area contributed by atoms with Crippen molar-refractivity contribution in [2.45, 2.75) is 25.4 Å². The molecular formula is C9H18N2O. The van der Waals surface area contributed by atoms with Gasteiger partial charge in [0.05, 0.1) is 6.61 Å². The molecule has 0 spiro atoms. The second-order valence-electron chi connectivity index (χ2n) is 3.85. The molecular weight excluding hydrogens is 152 g/mol. The van der Waals surface area contributed by atoms with Gasteiger partial charge in [-0.2, -0.15) is 0 Å². The summed E-state index contributed by atoms with van der Waals surface area (Å²) in [7, 11) is 0. The van der Waals surface area contributed by atoms with E-state index in [1.54, 1.807) is 0 Å². The number of hydrogen-bond acceptors (Lipinski definition) is 3. The van der Waals surface area contributed by atoms with Gasteiger partial charge in [0.25, 0.3) is 0 Å². The third kappa shape index (κ3) is 1.26. The van der Waals surface area contributed by atoms with Crippen LogP contribution in [0.2, 0.25) is 0 Å². The second kappa shape index (κ2) is 3.32. The van der Waals surface area contributed by atoms with Gasteiger partial charge >= 0.3 is 0 Å². The monoisotopic (exact) mass is 170 g/mol. The molecule has 12 heavy (non-hydrogen) atoms. The minimum atomic E-state index is 0.315. The van der Waals surface area contributed by atoms with Gasteiger partial charge in [-0.05, 0) is 13.0 Å². The Morgan fingerprint density at radius 1 is 1.25 bits per heavy atom. The van der Waals surface area contributed by atoms with Gasteiger partial charge in [0.2, 0.25) is 0 Å². The highest BCUT2D eigenvalue weighted by Crippen LogP contribution is 2.29. The van der Waals surface area contributed by atoms with Gasteiger partial charge in [-0.25, -0.2) is 0 Å². The van der Waals surface area contributed by atoms with Crippen molar-refractivity contribution >= 4 is 0 Å². The Morgan fingerprint density at radius 2 is 1.92 bits per heavy atom. The SMILES string of the molecule is CCN1CC2CC1CN2CCO.